The molecule has 0 aliphatic carbocycles. The van der Waals surface area contributed by atoms with Crippen LogP contribution in [0.3, 0.4) is 0 Å². The molecule has 21 nitrogen and oxygen atoms in total. The Bertz CT molecular complexity index is 3470. The van der Waals surface area contributed by atoms with Crippen LogP contribution in [0.15, 0.2) is 140 Å². The molecule has 0 spiro atoms. The van der Waals surface area contributed by atoms with E-state index in [9.17, 15) is 0 Å². The molecule has 0 saturated heterocycles. The van der Waals surface area contributed by atoms with E-state index in [-0.39, 0.29) is 0 Å². The topological polar surface area (TPSA) is 273 Å². The molecule has 0 saturated carbocycles. The smallest absolute Gasteiger partial charge is 0.191 e. The normalized spacial score (nSPS) is 9.46. The molecule has 15 heterocycles. The number of furan rings is 2. The third kappa shape index (κ3) is 49.0. The first-order valence-electron chi connectivity index (χ1n) is 34.5. The molecule has 0 atom stereocenters. The molecular formula is C81H120N18O3S4. The number of thiazole rings is 2. The molecule has 106 heavy (non-hydrogen) atoms. The molecule has 15 aromatic heterocycles. The minimum atomic E-state index is 0.734. The van der Waals surface area contributed by atoms with E-state index in [4.69, 9.17) is 13.3 Å². The Balaban J connectivity index is 0.000000568. The van der Waals surface area contributed by atoms with Crippen molar-refractivity contribution < 1.29 is 13.3 Å². The maximum absolute atomic E-state index is 5.08. The van der Waals surface area contributed by atoms with Crippen molar-refractivity contribution in [2.24, 2.45) is 14.1 Å². The number of aromatic amines is 6. The molecule has 0 aliphatic rings. The fraction of sp³-hybridized carbons (Fsp3) is 0.383. The lowest BCUT2D eigenvalue weighted by molar-refractivity contribution is 0.494. The molecular weight excluding hydrogens is 1400 g/mol. The number of hydrogen-bond acceptors (Lipinski definition) is 17. The molecule has 0 radical (unpaired) electrons. The van der Waals surface area contributed by atoms with E-state index in [0.29, 0.717) is 0 Å². The summed E-state index contributed by atoms with van der Waals surface area (Å²) < 4.78 is 18.9. The first-order chi connectivity index (χ1) is 49.7. The van der Waals surface area contributed by atoms with Crippen LogP contribution >= 0.6 is 45.3 Å². The zero-order valence-corrected chi connectivity index (χ0v) is 72.1. The summed E-state index contributed by atoms with van der Waals surface area (Å²) in [6.45, 7) is 57.8. The van der Waals surface area contributed by atoms with Gasteiger partial charge in [0.25, 0.3) is 0 Å². The second-order valence-electron chi connectivity index (χ2n) is 25.0. The van der Waals surface area contributed by atoms with Gasteiger partial charge in [0.15, 0.2) is 5.89 Å². The number of nitrogens with zero attached hydrogens (tertiary/aromatic N) is 12. The third-order valence-corrected chi connectivity index (χ3v) is 16.8. The minimum Gasteiger partial charge on any atom is -0.469 e. The predicted molar refractivity (Wildman–Crippen MR) is 444 cm³/mol. The van der Waals surface area contributed by atoms with E-state index < -0.39 is 0 Å². The van der Waals surface area contributed by atoms with E-state index in [1.165, 1.54) is 59.1 Å². The lowest BCUT2D eigenvalue weighted by Crippen LogP contribution is -1.91. The van der Waals surface area contributed by atoms with Crippen molar-refractivity contribution >= 4 is 45.3 Å². The van der Waals surface area contributed by atoms with E-state index in [1.807, 2.05) is 250 Å². The van der Waals surface area contributed by atoms with Gasteiger partial charge < -0.3 is 37.8 Å². The molecule has 6 N–H and O–H groups in total. The molecule has 15 rings (SSSR count). The fourth-order valence-electron chi connectivity index (χ4n) is 8.23. The van der Waals surface area contributed by atoms with Gasteiger partial charge in [0, 0.05) is 128 Å². The number of aryl methyl sites for hydroxylation is 31. The highest BCUT2D eigenvalue weighted by atomic mass is 32.1. The zero-order valence-electron chi connectivity index (χ0n) is 68.8. The minimum absolute atomic E-state index is 0.734. The van der Waals surface area contributed by atoms with Gasteiger partial charge >= 0.3 is 0 Å². The summed E-state index contributed by atoms with van der Waals surface area (Å²) >= 11 is 7.07. The van der Waals surface area contributed by atoms with Crippen LogP contribution in [0, 0.1) is 201 Å². The van der Waals surface area contributed by atoms with Gasteiger partial charge in [-0.25, -0.2) is 34.9 Å². The highest BCUT2D eigenvalue weighted by Gasteiger charge is 1.95. The van der Waals surface area contributed by atoms with E-state index in [2.05, 4.69) is 174 Å². The highest BCUT2D eigenvalue weighted by molar-refractivity contribution is 7.12. The van der Waals surface area contributed by atoms with Gasteiger partial charge in [-0.15, -0.1) is 45.3 Å². The quantitative estimate of drug-likeness (QED) is 0.0825. The summed E-state index contributed by atoms with van der Waals surface area (Å²) in [6, 6.07) is 24.7. The van der Waals surface area contributed by atoms with Crippen LogP contribution in [0.4, 0.5) is 0 Å². The fourth-order valence-corrected chi connectivity index (χ4v) is 11.0. The first kappa shape index (κ1) is 94.2. The molecule has 25 heteroatoms. The van der Waals surface area contributed by atoms with Crippen LogP contribution in [0.2, 0.25) is 0 Å². The summed E-state index contributed by atoms with van der Waals surface area (Å²) in [5.41, 5.74) is 15.4. The van der Waals surface area contributed by atoms with Crippen LogP contribution in [0.25, 0.3) is 0 Å². The van der Waals surface area contributed by atoms with E-state index >= 15 is 0 Å². The van der Waals surface area contributed by atoms with Crippen LogP contribution < -0.4 is 0 Å². The van der Waals surface area contributed by atoms with Crippen LogP contribution in [0.5, 0.6) is 0 Å². The number of rotatable bonds is 0. The van der Waals surface area contributed by atoms with Crippen molar-refractivity contribution in [1.29, 1.82) is 0 Å². The summed E-state index contributed by atoms with van der Waals surface area (Å²) in [6.07, 6.45) is 12.7. The van der Waals surface area contributed by atoms with Gasteiger partial charge in [-0.05, 0) is 283 Å². The van der Waals surface area contributed by atoms with Gasteiger partial charge in [-0.1, -0.05) is 0 Å². The first-order valence-corrected chi connectivity index (χ1v) is 37.9. The average Bonchev–Trinajstić information content (AvgIpc) is 1.77. The maximum atomic E-state index is 5.08. The third-order valence-electron chi connectivity index (χ3n) is 13.1. The molecule has 0 unspecified atom stereocenters. The average molecular weight is 1520 g/mol. The van der Waals surface area contributed by atoms with Crippen molar-refractivity contribution in [3.63, 3.8) is 0 Å². The van der Waals surface area contributed by atoms with Crippen LogP contribution in [-0.2, 0) is 14.1 Å². The van der Waals surface area contributed by atoms with Gasteiger partial charge in [0.1, 0.15) is 52.2 Å². The SMILES string of the molecule is Cc1cc(C)[nH]n1.Cc1cc(C)n(C)n1.Cc1ccc(C)[nH]1.Cc1ccc(C)[nH]1.Cc1ccc(C)o1.Cc1ccc(C)s1.Cc1cnc(C)[nH]1.Cc1cnc(C)[nH]1.Cc1cnc(C)o1.Cc1cnc(C)s1.Cc1coc(C)c1.Cc1csc(C)c1.Cc1csc(C)n1.Cc1n[nH]c(C)n1.Cc1nccn1C. The van der Waals surface area contributed by atoms with Crippen LogP contribution in [0.1, 0.15) is 161 Å². The second-order valence-corrected chi connectivity index (χ2v) is 30.1. The van der Waals surface area contributed by atoms with Crippen molar-refractivity contribution in [2.75, 3.05) is 0 Å². The standard InChI is InChI=1S/C6H10N2.2C6H9N.2C6H8O.2C6H8S.4C5H8N2.C5H7NO.2C5H7NS.C4H7N3/c1-5-4-6(2)8(3)7-5;2*1-5-3-4-6(2)7-5;1-5-3-6(2)7-4-5;1-5-3-4-6(2)7-5;1-5-3-6(2)7-4-5;1-5-3-4-6(2)7-5;1-5-6-3-4-7(5)2;2*1-4-3-6-5(2)7-4;1-4-3-5(2)7-6-4;1-4-3-6-5(2)7-4;1-4-3-7-5(2)6-4;1-4-3-6-5(2)7-4;1-3-5-4(2)7-6-3/h4H,1-3H3;2*3-4,7H,1-2H3;5*3-4H,1-2H3;3*3H,1-2H3,(H,6,7);3*3H,1-2H3;1-2H3,(H,5,6,7). The number of H-pyrrole nitrogens is 6. The Morgan fingerprint density at radius 1 is 0.377 bits per heavy atom. The van der Waals surface area contributed by atoms with Crippen molar-refractivity contribution in [3.8, 4) is 0 Å². The summed E-state index contributed by atoms with van der Waals surface area (Å²) in [5.74, 6) is 9.26. The Morgan fingerprint density at radius 2 is 0.934 bits per heavy atom. The van der Waals surface area contributed by atoms with Gasteiger partial charge in [0.05, 0.1) is 33.9 Å². The molecule has 0 bridgehead atoms. The number of thiophene rings is 2. The van der Waals surface area contributed by atoms with Crippen LogP contribution in [-0.4, -0.2) is 89.6 Å². The Kier molecular flexibility index (Phi) is 46.4. The summed E-state index contributed by atoms with van der Waals surface area (Å²) in [7, 11) is 3.92. The molecule has 0 amide bonds. The van der Waals surface area contributed by atoms with Crippen molar-refractivity contribution in [1.82, 2.24) is 89.6 Å². The Morgan fingerprint density at radius 3 is 1.06 bits per heavy atom. The van der Waals surface area contributed by atoms with Crippen molar-refractivity contribution in [3.05, 3.63) is 288 Å². The second kappa shape index (κ2) is 52.2. The lowest BCUT2D eigenvalue weighted by atomic mass is 10.4. The number of nitrogens with one attached hydrogen (secondary N) is 6. The summed E-state index contributed by atoms with van der Waals surface area (Å²) in [4.78, 5) is 45.7. The van der Waals surface area contributed by atoms with Gasteiger partial charge in [-0.3, -0.25) is 14.9 Å². The predicted octanol–water partition coefficient (Wildman–Crippen LogP) is 21.9. The molecule has 576 valence electrons. The largest absolute Gasteiger partial charge is 0.469 e. The molecule has 15 aromatic rings. The van der Waals surface area contributed by atoms with Gasteiger partial charge in [0.2, 0.25) is 0 Å². The molecule has 0 aliphatic heterocycles. The monoisotopic (exact) mass is 1520 g/mol. The number of hydrogen-bond donors (Lipinski definition) is 6. The highest BCUT2D eigenvalue weighted by Crippen LogP contribution is 2.13. The Hall–Kier alpha value is -9.82. The van der Waals surface area contributed by atoms with E-state index in [0.717, 1.165) is 102 Å². The maximum Gasteiger partial charge on any atom is 0.191 e. The van der Waals surface area contributed by atoms with E-state index in [1.54, 1.807) is 52.7 Å². The van der Waals surface area contributed by atoms with Gasteiger partial charge in [-0.2, -0.15) is 15.3 Å². The number of aromatic nitrogens is 18. The summed E-state index contributed by atoms with van der Waals surface area (Å²) in [5, 5.41) is 23.8. The zero-order chi connectivity index (χ0) is 80.0. The number of imidazole rings is 3. The molecule has 0 fully saturated rings. The molecule has 0 aromatic carbocycles. The van der Waals surface area contributed by atoms with Crippen molar-refractivity contribution in [2.45, 2.75) is 201 Å². The lowest BCUT2D eigenvalue weighted by Gasteiger charge is -1.87. The number of oxazole rings is 1. The Labute approximate surface area is 647 Å².